The highest BCUT2D eigenvalue weighted by Crippen LogP contribution is 2.62. The molecular formula is C30H24O9. The number of ketones is 1. The summed E-state index contributed by atoms with van der Waals surface area (Å²) in [4.78, 5) is 14.2. The first-order valence-corrected chi connectivity index (χ1v) is 12.2. The second kappa shape index (κ2) is 9.14. The molecule has 0 aliphatic carbocycles. The molecule has 6 N–H and O–H groups in total. The van der Waals surface area contributed by atoms with Gasteiger partial charge in [0.1, 0.15) is 46.4 Å². The number of hydrogen-bond acceptors (Lipinski definition) is 9. The van der Waals surface area contributed by atoms with Gasteiger partial charge in [0.2, 0.25) is 0 Å². The molecule has 1 fully saturated rings. The minimum Gasteiger partial charge on any atom is -0.508 e. The average Bonchev–Trinajstić information content (AvgIpc) is 3.29. The molecule has 2 aliphatic heterocycles. The van der Waals surface area contributed by atoms with E-state index in [9.17, 15) is 35.4 Å². The Hall–Kier alpha value is -4.89. The maximum Gasteiger partial charge on any atom is 0.173 e. The summed E-state index contributed by atoms with van der Waals surface area (Å²) in [5.74, 6) is -3.04. The highest BCUT2D eigenvalue weighted by atomic mass is 16.5. The number of phenolic OH excluding ortho intramolecular Hbond substituents is 6. The molecule has 1 saturated heterocycles. The van der Waals surface area contributed by atoms with Crippen molar-refractivity contribution in [2.24, 2.45) is 11.8 Å². The van der Waals surface area contributed by atoms with Gasteiger partial charge in [0.05, 0.1) is 29.3 Å². The van der Waals surface area contributed by atoms with Crippen molar-refractivity contribution < 1.29 is 44.9 Å². The number of carbonyl (C=O) groups excluding carboxylic acids is 1. The molecule has 198 valence electrons. The third kappa shape index (κ3) is 4.13. The van der Waals surface area contributed by atoms with Crippen molar-refractivity contribution in [3.8, 4) is 40.2 Å². The lowest BCUT2D eigenvalue weighted by Gasteiger charge is -2.37. The first-order chi connectivity index (χ1) is 18.7. The van der Waals surface area contributed by atoms with Gasteiger partial charge in [-0.25, -0.2) is 0 Å². The fourth-order valence-corrected chi connectivity index (χ4v) is 5.65. The minimum atomic E-state index is -0.963. The van der Waals surface area contributed by atoms with Crippen LogP contribution in [0.1, 0.15) is 45.4 Å². The molecule has 4 aromatic rings. The Morgan fingerprint density at radius 2 is 1.15 bits per heavy atom. The maximum atomic E-state index is 14.2. The Bertz CT molecular complexity index is 1560. The second-order valence-electron chi connectivity index (χ2n) is 9.74. The predicted octanol–water partition coefficient (Wildman–Crippen LogP) is 4.98. The van der Waals surface area contributed by atoms with E-state index in [1.807, 2.05) is 0 Å². The molecule has 9 heteroatoms. The molecule has 2 aliphatic rings. The smallest absolute Gasteiger partial charge is 0.173 e. The number of Topliss-reactive ketones (excluding diaryl/α,β-unsaturated/α-hetero) is 1. The van der Waals surface area contributed by atoms with E-state index in [0.717, 1.165) is 6.07 Å². The number of fused-ring (bicyclic) bond motifs is 3. The predicted molar refractivity (Wildman–Crippen MR) is 137 cm³/mol. The van der Waals surface area contributed by atoms with Crippen LogP contribution in [0.4, 0.5) is 0 Å². The van der Waals surface area contributed by atoms with E-state index in [1.54, 1.807) is 24.3 Å². The van der Waals surface area contributed by atoms with Crippen LogP contribution >= 0.6 is 0 Å². The Balaban J connectivity index is 1.56. The molecule has 0 saturated carbocycles. The fourth-order valence-electron chi connectivity index (χ4n) is 5.65. The third-order valence-electron chi connectivity index (χ3n) is 7.37. The van der Waals surface area contributed by atoms with Crippen LogP contribution in [0.15, 0.2) is 78.9 Å². The number of ether oxygens (including phenoxy) is 2. The van der Waals surface area contributed by atoms with Crippen molar-refractivity contribution in [3.63, 3.8) is 0 Å². The Morgan fingerprint density at radius 1 is 0.590 bits per heavy atom. The zero-order chi connectivity index (χ0) is 27.4. The van der Waals surface area contributed by atoms with Crippen LogP contribution in [0.25, 0.3) is 0 Å². The molecule has 0 unspecified atom stereocenters. The summed E-state index contributed by atoms with van der Waals surface area (Å²) in [5.41, 5.74) is 1.42. The molecule has 0 amide bonds. The van der Waals surface area contributed by atoms with Gasteiger partial charge in [-0.3, -0.25) is 4.79 Å². The number of aromatic hydroxyl groups is 6. The highest BCUT2D eigenvalue weighted by Gasteiger charge is 2.57. The second-order valence-corrected chi connectivity index (χ2v) is 9.74. The molecule has 2 heterocycles. The lowest BCUT2D eigenvalue weighted by atomic mass is 9.72. The summed E-state index contributed by atoms with van der Waals surface area (Å²) in [6, 6.07) is 18.7. The van der Waals surface area contributed by atoms with Gasteiger partial charge in [0, 0.05) is 24.1 Å². The van der Waals surface area contributed by atoms with E-state index >= 15 is 0 Å². The van der Waals surface area contributed by atoms with E-state index in [-0.39, 0.29) is 45.6 Å². The lowest BCUT2D eigenvalue weighted by molar-refractivity contribution is -0.00891. The van der Waals surface area contributed by atoms with Crippen LogP contribution in [0.2, 0.25) is 0 Å². The SMILES string of the molecule is O=C(c1ccc(O)cc1O)[C@H]1[C@@H]2[C@@H](c3ccc(O)cc3)Oc3cc(O)cc(O)c3[C@@H]2O[C@@H]1c1ccc(O)cc1. The zero-order valence-electron chi connectivity index (χ0n) is 20.3. The molecule has 0 bridgehead atoms. The van der Waals surface area contributed by atoms with Crippen LogP contribution in [0, 0.1) is 11.8 Å². The van der Waals surface area contributed by atoms with Crippen molar-refractivity contribution in [1.82, 2.24) is 0 Å². The number of hydrogen-bond donors (Lipinski definition) is 6. The van der Waals surface area contributed by atoms with Crippen molar-refractivity contribution in [1.29, 1.82) is 0 Å². The fraction of sp³-hybridized carbons (Fsp3) is 0.167. The molecule has 4 aromatic carbocycles. The van der Waals surface area contributed by atoms with Crippen LogP contribution in [-0.4, -0.2) is 36.4 Å². The molecule has 9 nitrogen and oxygen atoms in total. The quantitative estimate of drug-likeness (QED) is 0.201. The topological polar surface area (TPSA) is 157 Å². The molecule has 5 atom stereocenters. The normalized spacial score (nSPS) is 23.4. The summed E-state index contributed by atoms with van der Waals surface area (Å²) in [6.45, 7) is 0. The standard InChI is InChI=1S/C30H24O9/c31-16-5-1-14(2-6-16)28-25(27(37)20-10-9-18(33)11-21(20)35)26-29(15-3-7-17(32)8-4-15)38-23-13-19(34)12-22(36)24(23)30(26)39-28/h1-13,25-26,28-36H/t25-,26-,28-,29-,30+/m1/s1. The zero-order valence-corrected chi connectivity index (χ0v) is 20.3. The van der Waals surface area contributed by atoms with Gasteiger partial charge in [-0.1, -0.05) is 24.3 Å². The Morgan fingerprint density at radius 3 is 1.77 bits per heavy atom. The van der Waals surface area contributed by atoms with E-state index in [2.05, 4.69) is 0 Å². The first-order valence-electron chi connectivity index (χ1n) is 12.2. The van der Waals surface area contributed by atoms with Crippen molar-refractivity contribution in [2.75, 3.05) is 0 Å². The van der Waals surface area contributed by atoms with Gasteiger partial charge >= 0.3 is 0 Å². The van der Waals surface area contributed by atoms with Crippen molar-refractivity contribution in [2.45, 2.75) is 18.3 Å². The van der Waals surface area contributed by atoms with Crippen LogP contribution < -0.4 is 4.74 Å². The van der Waals surface area contributed by atoms with Gasteiger partial charge < -0.3 is 40.1 Å². The summed E-state index contributed by atoms with van der Waals surface area (Å²) in [6.07, 6.45) is -2.58. The minimum absolute atomic E-state index is 0.0250. The Kier molecular flexibility index (Phi) is 5.73. The van der Waals surface area contributed by atoms with Crippen LogP contribution in [0.5, 0.6) is 40.2 Å². The van der Waals surface area contributed by atoms with E-state index in [4.69, 9.17) is 9.47 Å². The van der Waals surface area contributed by atoms with Crippen LogP contribution in [0.3, 0.4) is 0 Å². The number of carbonyl (C=O) groups is 1. The van der Waals surface area contributed by atoms with Gasteiger partial charge in [0.15, 0.2) is 5.78 Å². The molecule has 0 radical (unpaired) electrons. The van der Waals surface area contributed by atoms with Gasteiger partial charge in [-0.2, -0.15) is 0 Å². The van der Waals surface area contributed by atoms with Crippen molar-refractivity contribution in [3.05, 3.63) is 101 Å². The average molecular weight is 529 g/mol. The summed E-state index contributed by atoms with van der Waals surface area (Å²) >= 11 is 0. The monoisotopic (exact) mass is 528 g/mol. The Labute approximate surface area is 222 Å². The first kappa shape index (κ1) is 24.4. The molecule has 0 spiro atoms. The third-order valence-corrected chi connectivity index (χ3v) is 7.37. The van der Waals surface area contributed by atoms with E-state index in [0.29, 0.717) is 11.1 Å². The highest BCUT2D eigenvalue weighted by molar-refractivity contribution is 6.01. The van der Waals surface area contributed by atoms with Gasteiger partial charge in [-0.15, -0.1) is 0 Å². The van der Waals surface area contributed by atoms with Crippen LogP contribution in [-0.2, 0) is 4.74 Å². The molecule has 39 heavy (non-hydrogen) atoms. The number of rotatable bonds is 4. The van der Waals surface area contributed by atoms with E-state index in [1.165, 1.54) is 48.5 Å². The van der Waals surface area contributed by atoms with Crippen molar-refractivity contribution >= 4 is 5.78 Å². The molecular weight excluding hydrogens is 504 g/mol. The molecule has 6 rings (SSSR count). The summed E-state index contributed by atoms with van der Waals surface area (Å²) in [7, 11) is 0. The lowest BCUT2D eigenvalue weighted by Crippen LogP contribution is -2.35. The van der Waals surface area contributed by atoms with Gasteiger partial charge in [-0.05, 0) is 47.5 Å². The largest absolute Gasteiger partial charge is 0.508 e. The number of phenols is 6. The van der Waals surface area contributed by atoms with E-state index < -0.39 is 41.7 Å². The summed E-state index contributed by atoms with van der Waals surface area (Å²) < 4.78 is 12.9. The summed E-state index contributed by atoms with van der Waals surface area (Å²) in [5, 5.41) is 61.1. The van der Waals surface area contributed by atoms with Gasteiger partial charge in [0.25, 0.3) is 0 Å². The number of benzene rings is 4. The maximum absolute atomic E-state index is 14.2. The molecule has 0 aromatic heterocycles.